The summed E-state index contributed by atoms with van der Waals surface area (Å²) in [5.41, 5.74) is 3.47. The normalized spacial score (nSPS) is 15.5. The van der Waals surface area contributed by atoms with Gasteiger partial charge in [-0.3, -0.25) is 14.1 Å². The maximum absolute atomic E-state index is 12.8. The molecule has 10 heteroatoms. The van der Waals surface area contributed by atoms with Gasteiger partial charge in [0.1, 0.15) is 5.58 Å². The van der Waals surface area contributed by atoms with Crippen LogP contribution in [0.25, 0.3) is 22.2 Å². The summed E-state index contributed by atoms with van der Waals surface area (Å²) in [6, 6.07) is 15.2. The first-order valence-electron chi connectivity index (χ1n) is 10.2. The molecule has 0 unspecified atom stereocenters. The average molecular weight is 483 g/mol. The first kappa shape index (κ1) is 21.4. The molecule has 1 saturated heterocycles. The fourth-order valence-corrected chi connectivity index (χ4v) is 5.30. The van der Waals surface area contributed by atoms with Crippen molar-refractivity contribution in [3.05, 3.63) is 77.6 Å². The number of rotatable bonds is 4. The topological polar surface area (TPSA) is 105 Å². The van der Waals surface area contributed by atoms with Gasteiger partial charge >= 0.3 is 10.2 Å². The number of amides is 1. The quantitative estimate of drug-likeness (QED) is 0.447. The van der Waals surface area contributed by atoms with Crippen molar-refractivity contribution in [2.24, 2.45) is 0 Å². The van der Waals surface area contributed by atoms with Crippen molar-refractivity contribution in [2.75, 3.05) is 22.7 Å². The summed E-state index contributed by atoms with van der Waals surface area (Å²) in [6.45, 7) is 0.818. The van der Waals surface area contributed by atoms with E-state index in [9.17, 15) is 13.2 Å². The first-order chi connectivity index (χ1) is 15.9. The molecule has 4 aromatic rings. The Balaban J connectivity index is 1.38. The van der Waals surface area contributed by atoms with Crippen molar-refractivity contribution in [3.8, 4) is 11.3 Å². The number of furan rings is 1. The van der Waals surface area contributed by atoms with E-state index in [2.05, 4.69) is 15.0 Å². The van der Waals surface area contributed by atoms with Crippen LogP contribution in [0.4, 0.5) is 11.4 Å². The van der Waals surface area contributed by atoms with Crippen LogP contribution in [-0.4, -0.2) is 32.4 Å². The molecule has 168 valence electrons. The maximum atomic E-state index is 12.8. The molecule has 8 nitrogen and oxygen atoms in total. The van der Waals surface area contributed by atoms with E-state index in [0.717, 1.165) is 5.39 Å². The number of benzene rings is 2. The van der Waals surface area contributed by atoms with Crippen LogP contribution in [0.3, 0.4) is 0 Å². The molecule has 2 aromatic carbocycles. The van der Waals surface area contributed by atoms with Crippen LogP contribution in [0.1, 0.15) is 16.8 Å². The first-order valence-corrected chi connectivity index (χ1v) is 12.0. The molecule has 2 N–H and O–H groups in total. The van der Waals surface area contributed by atoms with Crippen LogP contribution in [0, 0.1) is 0 Å². The molecule has 0 bridgehead atoms. The molecule has 1 aliphatic heterocycles. The van der Waals surface area contributed by atoms with Crippen molar-refractivity contribution in [2.45, 2.75) is 6.42 Å². The Hall–Kier alpha value is -3.40. The van der Waals surface area contributed by atoms with Crippen molar-refractivity contribution in [3.63, 3.8) is 0 Å². The fraction of sp³-hybridized carbons (Fsp3) is 0.130. The Morgan fingerprint density at radius 2 is 1.94 bits per heavy atom. The summed E-state index contributed by atoms with van der Waals surface area (Å²) in [5, 5.41) is 4.18. The van der Waals surface area contributed by atoms with Crippen LogP contribution < -0.4 is 14.3 Å². The second-order valence-electron chi connectivity index (χ2n) is 7.51. The molecule has 2 aromatic heterocycles. The third kappa shape index (κ3) is 4.18. The van der Waals surface area contributed by atoms with Gasteiger partial charge in [-0.15, -0.1) is 0 Å². The van der Waals surface area contributed by atoms with Crippen molar-refractivity contribution >= 4 is 50.1 Å². The summed E-state index contributed by atoms with van der Waals surface area (Å²) in [6.07, 6.45) is 3.94. The number of nitrogens with zero attached hydrogens (tertiary/aromatic N) is 2. The lowest BCUT2D eigenvalue weighted by atomic mass is 10.1. The molecular weight excluding hydrogens is 464 g/mol. The average Bonchev–Trinajstić information content (AvgIpc) is 3.29. The molecule has 5 rings (SSSR count). The fourth-order valence-electron chi connectivity index (χ4n) is 3.77. The van der Waals surface area contributed by atoms with Gasteiger partial charge in [0.2, 0.25) is 0 Å². The second kappa shape index (κ2) is 8.51. The number of aromatic nitrogens is 1. The number of carbonyl (C=O) groups excluding carboxylic acids is 1. The molecule has 0 saturated carbocycles. The molecular formula is C23H19ClN4O4S. The van der Waals surface area contributed by atoms with Crippen LogP contribution in [0.15, 0.2) is 71.5 Å². The predicted molar refractivity (Wildman–Crippen MR) is 128 cm³/mol. The zero-order valence-corrected chi connectivity index (χ0v) is 18.9. The summed E-state index contributed by atoms with van der Waals surface area (Å²) in [4.78, 5) is 17.3. The van der Waals surface area contributed by atoms with Gasteiger partial charge in [-0.05, 0) is 61.0 Å². The molecule has 1 amide bonds. The maximum Gasteiger partial charge on any atom is 0.301 e. The van der Waals surface area contributed by atoms with Gasteiger partial charge < -0.3 is 9.73 Å². The minimum Gasteiger partial charge on any atom is -0.464 e. The largest absolute Gasteiger partial charge is 0.464 e. The van der Waals surface area contributed by atoms with Gasteiger partial charge in [-0.2, -0.15) is 13.1 Å². The van der Waals surface area contributed by atoms with Crippen molar-refractivity contribution in [1.82, 2.24) is 9.71 Å². The van der Waals surface area contributed by atoms with E-state index < -0.39 is 10.2 Å². The Labute approximate surface area is 195 Å². The minimum atomic E-state index is -3.55. The molecule has 0 aliphatic carbocycles. The Morgan fingerprint density at radius 1 is 1.12 bits per heavy atom. The third-order valence-electron chi connectivity index (χ3n) is 5.39. The van der Waals surface area contributed by atoms with Crippen LogP contribution in [-0.2, 0) is 10.2 Å². The number of halogens is 1. The summed E-state index contributed by atoms with van der Waals surface area (Å²) in [7, 11) is -3.55. The number of pyridine rings is 1. The second-order valence-corrected chi connectivity index (χ2v) is 9.60. The number of carbonyl (C=O) groups is 1. The molecule has 1 aliphatic rings. The van der Waals surface area contributed by atoms with E-state index in [-0.39, 0.29) is 5.91 Å². The van der Waals surface area contributed by atoms with Gasteiger partial charge in [0.05, 0.1) is 22.7 Å². The molecule has 33 heavy (non-hydrogen) atoms. The monoisotopic (exact) mass is 482 g/mol. The highest BCUT2D eigenvalue weighted by Gasteiger charge is 2.25. The standard InChI is InChI=1S/C23H19ClN4O4S/c24-20-7-4-16(14-19(20)22-18-9-13-32-21(18)8-11-25-22)27-23(29)15-2-5-17(6-3-15)28-12-1-10-26-33(28,30)31/h2-9,11,13-14,26H,1,10,12H2,(H,27,29). The zero-order valence-electron chi connectivity index (χ0n) is 17.3. The highest BCUT2D eigenvalue weighted by Crippen LogP contribution is 2.34. The molecule has 0 atom stereocenters. The number of hydrogen-bond acceptors (Lipinski definition) is 5. The smallest absolute Gasteiger partial charge is 0.301 e. The Morgan fingerprint density at radius 3 is 2.73 bits per heavy atom. The van der Waals surface area contributed by atoms with Gasteiger partial charge in [0.25, 0.3) is 5.91 Å². The lowest BCUT2D eigenvalue weighted by Crippen LogP contribution is -2.47. The van der Waals surface area contributed by atoms with Gasteiger partial charge in [-0.1, -0.05) is 11.6 Å². The van der Waals surface area contributed by atoms with Gasteiger partial charge in [0, 0.05) is 41.5 Å². The van der Waals surface area contributed by atoms with Crippen molar-refractivity contribution in [1.29, 1.82) is 0 Å². The van der Waals surface area contributed by atoms with E-state index in [0.29, 0.717) is 58.3 Å². The Kier molecular flexibility index (Phi) is 5.53. The highest BCUT2D eigenvalue weighted by atomic mass is 35.5. The predicted octanol–water partition coefficient (Wildman–Crippen LogP) is 4.45. The lowest BCUT2D eigenvalue weighted by Gasteiger charge is -2.28. The van der Waals surface area contributed by atoms with Gasteiger partial charge in [-0.25, -0.2) is 0 Å². The number of anilines is 2. The highest BCUT2D eigenvalue weighted by molar-refractivity contribution is 7.90. The van der Waals surface area contributed by atoms with E-state index in [4.69, 9.17) is 16.0 Å². The Bertz CT molecular complexity index is 1450. The summed E-state index contributed by atoms with van der Waals surface area (Å²) >= 11 is 6.42. The van der Waals surface area contributed by atoms with E-state index >= 15 is 0 Å². The lowest BCUT2D eigenvalue weighted by molar-refractivity contribution is 0.102. The number of hydrogen-bond donors (Lipinski definition) is 2. The third-order valence-corrected chi connectivity index (χ3v) is 7.26. The van der Waals surface area contributed by atoms with Crippen molar-refractivity contribution < 1.29 is 17.6 Å². The van der Waals surface area contributed by atoms with E-state index in [1.54, 1.807) is 61.0 Å². The number of fused-ring (bicyclic) bond motifs is 1. The van der Waals surface area contributed by atoms with Gasteiger partial charge in [0.15, 0.2) is 0 Å². The number of nitrogens with one attached hydrogen (secondary N) is 2. The van der Waals surface area contributed by atoms with E-state index in [1.807, 2.05) is 6.07 Å². The summed E-state index contributed by atoms with van der Waals surface area (Å²) in [5.74, 6) is -0.330. The molecule has 0 radical (unpaired) electrons. The van der Waals surface area contributed by atoms with E-state index in [1.165, 1.54) is 4.31 Å². The molecule has 1 fully saturated rings. The van der Waals surface area contributed by atoms with Crippen LogP contribution in [0.5, 0.6) is 0 Å². The molecule has 0 spiro atoms. The minimum absolute atomic E-state index is 0.330. The SMILES string of the molecule is O=C(Nc1ccc(Cl)c(-c2nccc3occc23)c1)c1ccc(N2CCCNS2(=O)=O)cc1. The molecule has 3 heterocycles. The van der Waals surface area contributed by atoms with Crippen LogP contribution in [0.2, 0.25) is 5.02 Å². The van der Waals surface area contributed by atoms with Crippen LogP contribution >= 0.6 is 11.6 Å². The summed E-state index contributed by atoms with van der Waals surface area (Å²) < 4.78 is 33.6. The zero-order chi connectivity index (χ0) is 23.0.